The number of benzene rings is 1. The van der Waals surface area contributed by atoms with Gasteiger partial charge in [-0.05, 0) is 75.8 Å². The number of aryl methyl sites for hydroxylation is 1. The third-order valence-corrected chi connectivity index (χ3v) is 14.5. The van der Waals surface area contributed by atoms with Crippen LogP contribution in [-0.4, -0.2) is 148 Å². The summed E-state index contributed by atoms with van der Waals surface area (Å²) in [7, 11) is 3.30. The second-order valence-corrected chi connectivity index (χ2v) is 20.6. The molecule has 3 saturated heterocycles. The Bertz CT molecular complexity index is 2520. The molecule has 0 radical (unpaired) electrons. The molecule has 5 amide bonds. The maximum Gasteiger partial charge on any atom is 0.324 e. The van der Waals surface area contributed by atoms with Crippen molar-refractivity contribution in [3.05, 3.63) is 58.2 Å². The van der Waals surface area contributed by atoms with E-state index >= 15 is 0 Å². The summed E-state index contributed by atoms with van der Waals surface area (Å²) in [6.45, 7) is 16.9. The van der Waals surface area contributed by atoms with Crippen LogP contribution in [0.25, 0.3) is 33.4 Å². The molecule has 0 aliphatic carbocycles. The van der Waals surface area contributed by atoms with E-state index in [1.54, 1.807) is 25.3 Å². The molecule has 0 saturated carbocycles. The Morgan fingerprint density at radius 1 is 1.12 bits per heavy atom. The number of nitrogens with zero attached hydrogens (tertiary/aromatic N) is 7. The van der Waals surface area contributed by atoms with E-state index in [9.17, 15) is 24.0 Å². The topological polar surface area (TPSA) is 193 Å². The quantitative estimate of drug-likeness (QED) is 0.155. The fraction of sp³-hybridized carbons (Fsp3) is 0.571. The average molecular weight is 939 g/mol. The van der Waals surface area contributed by atoms with Crippen molar-refractivity contribution >= 4 is 52.0 Å². The van der Waals surface area contributed by atoms with Gasteiger partial charge < -0.3 is 39.4 Å². The summed E-state index contributed by atoms with van der Waals surface area (Å²) in [5, 5.41) is 11.2. The van der Waals surface area contributed by atoms with Gasteiger partial charge in [0.1, 0.15) is 18.1 Å². The molecule has 3 N–H and O–H groups in total. The minimum absolute atomic E-state index is 0.0454. The van der Waals surface area contributed by atoms with E-state index < -0.39 is 41.3 Å². The number of rotatable bonds is 9. The van der Waals surface area contributed by atoms with Crippen LogP contribution < -0.4 is 16.1 Å². The van der Waals surface area contributed by atoms with Crippen LogP contribution in [-0.2, 0) is 48.0 Å². The standard InChI is InChI=1S/C49H66N10O7S/c1-10-57-39-16-15-31-21-33(39)34(43(57)32-13-11-17-50-41(32)30(5)65-9)23-49(6,7)27-66-47(63)35-14-12-18-59(54-35)46(62)36(22-40-52-38(31)26-67-40)53-44(60)42(28(2)3)55(8)48(64)56-19-20-58(29(4)25-56)45(61)37-24-51-37/h11,13,15-17,21,26,28-30,35-37,42,51,54H,10,12,14,18-20,22-25,27H2,1-9H3,(H,53,60)/t29-,30+,35+,36+,37+,42?/m1/s1. The lowest BCUT2D eigenvalue weighted by Gasteiger charge is -2.42. The van der Waals surface area contributed by atoms with Crippen LogP contribution in [0.5, 0.6) is 0 Å². The number of piperazine rings is 1. The van der Waals surface area contributed by atoms with Crippen molar-refractivity contribution in [2.45, 2.75) is 117 Å². The molecule has 6 bridgehead atoms. The number of esters is 1. The van der Waals surface area contributed by atoms with Gasteiger partial charge in [-0.15, -0.1) is 11.3 Å². The molecule has 3 aromatic heterocycles. The summed E-state index contributed by atoms with van der Waals surface area (Å²) in [5.41, 5.74) is 9.28. The predicted octanol–water partition coefficient (Wildman–Crippen LogP) is 4.78. The fourth-order valence-electron chi connectivity index (χ4n) is 9.98. The molecule has 1 aromatic carbocycles. The number of carbonyl (C=O) groups is 5. The van der Waals surface area contributed by atoms with Crippen molar-refractivity contribution in [3.63, 3.8) is 0 Å². The minimum Gasteiger partial charge on any atom is -0.464 e. The number of likely N-dealkylation sites (N-methyl/N-ethyl adjacent to an activating group) is 1. The number of hydrazine groups is 1. The first-order valence-electron chi connectivity index (χ1n) is 23.7. The second kappa shape index (κ2) is 19.7. The van der Waals surface area contributed by atoms with Gasteiger partial charge in [0.05, 0.1) is 40.8 Å². The highest BCUT2D eigenvalue weighted by Gasteiger charge is 2.42. The lowest BCUT2D eigenvalue weighted by Crippen LogP contribution is -2.63. The van der Waals surface area contributed by atoms with Crippen LogP contribution in [0.3, 0.4) is 0 Å². The summed E-state index contributed by atoms with van der Waals surface area (Å²) in [4.78, 5) is 84.9. The van der Waals surface area contributed by atoms with Crippen molar-refractivity contribution in [2.24, 2.45) is 11.3 Å². The Morgan fingerprint density at radius 2 is 1.90 bits per heavy atom. The highest BCUT2D eigenvalue weighted by molar-refractivity contribution is 7.10. The third kappa shape index (κ3) is 9.94. The Kier molecular flexibility index (Phi) is 14.1. The third-order valence-electron chi connectivity index (χ3n) is 13.7. The summed E-state index contributed by atoms with van der Waals surface area (Å²) in [5.74, 6) is -1.63. The number of amides is 5. The summed E-state index contributed by atoms with van der Waals surface area (Å²) in [6, 6.07) is 6.96. The van der Waals surface area contributed by atoms with Crippen molar-refractivity contribution in [1.82, 2.24) is 50.3 Å². The predicted molar refractivity (Wildman–Crippen MR) is 256 cm³/mol. The smallest absolute Gasteiger partial charge is 0.324 e. The van der Waals surface area contributed by atoms with Crippen LogP contribution in [0.2, 0.25) is 0 Å². The lowest BCUT2D eigenvalue weighted by atomic mass is 9.84. The largest absolute Gasteiger partial charge is 0.464 e. The fourth-order valence-corrected chi connectivity index (χ4v) is 10.8. The van der Waals surface area contributed by atoms with E-state index in [0.29, 0.717) is 63.5 Å². The highest BCUT2D eigenvalue weighted by atomic mass is 32.1. The minimum atomic E-state index is -1.08. The Balaban J connectivity index is 1.13. The van der Waals surface area contributed by atoms with Gasteiger partial charge in [-0.25, -0.2) is 15.2 Å². The van der Waals surface area contributed by atoms with Crippen LogP contribution >= 0.6 is 11.3 Å². The van der Waals surface area contributed by atoms with E-state index in [4.69, 9.17) is 19.4 Å². The zero-order valence-corrected chi connectivity index (χ0v) is 41.1. The number of ether oxygens (including phenoxy) is 2. The molecule has 18 heteroatoms. The van der Waals surface area contributed by atoms with Crippen molar-refractivity contribution in [3.8, 4) is 22.5 Å². The van der Waals surface area contributed by atoms with Gasteiger partial charge in [-0.3, -0.25) is 29.2 Å². The number of hydrogen-bond acceptors (Lipinski definition) is 12. The van der Waals surface area contributed by atoms with Gasteiger partial charge in [0.2, 0.25) is 11.8 Å². The Hall–Kier alpha value is -5.43. The molecular weight excluding hydrogens is 873 g/mol. The molecule has 360 valence electrons. The number of thiazole rings is 1. The summed E-state index contributed by atoms with van der Waals surface area (Å²) >= 11 is 1.41. The van der Waals surface area contributed by atoms with Gasteiger partial charge in [-0.1, -0.05) is 33.8 Å². The number of hydrogen-bond donors (Lipinski definition) is 3. The number of pyridine rings is 1. The zero-order valence-electron chi connectivity index (χ0n) is 40.3. The molecule has 1 unspecified atom stereocenters. The van der Waals surface area contributed by atoms with Gasteiger partial charge >= 0.3 is 12.0 Å². The van der Waals surface area contributed by atoms with Crippen LogP contribution in [0.15, 0.2) is 41.9 Å². The molecule has 3 fully saturated rings. The van der Waals surface area contributed by atoms with E-state index in [0.717, 1.165) is 44.7 Å². The first kappa shape index (κ1) is 48.0. The van der Waals surface area contributed by atoms with E-state index in [1.165, 1.54) is 21.2 Å². The number of urea groups is 1. The number of fused-ring (bicyclic) bond motifs is 6. The number of carbonyl (C=O) groups excluding carboxylic acids is 5. The number of aromatic nitrogens is 3. The zero-order chi connectivity index (χ0) is 47.9. The maximum absolute atomic E-state index is 14.7. The molecule has 4 aliphatic rings. The van der Waals surface area contributed by atoms with Crippen LogP contribution in [0, 0.1) is 11.3 Å². The molecule has 4 aliphatic heterocycles. The lowest BCUT2D eigenvalue weighted by molar-refractivity contribution is -0.155. The van der Waals surface area contributed by atoms with Gasteiger partial charge in [0.15, 0.2) is 0 Å². The second-order valence-electron chi connectivity index (χ2n) is 19.6. The SMILES string of the molecule is CCn1c(-c2cccnc2[C@H](C)OC)c2c3cc(ccc31)-c1csc(n1)C[C@H](NC(=O)C(C(C)C)N(C)C(=O)N1CCN(C(=O)[C@@H]3CN3)[C@H](C)C1)C(=O)N1CCC[C@H](N1)C(=O)OCC(C)(C)C2. The number of methoxy groups -OCH3 is 1. The maximum atomic E-state index is 14.7. The van der Waals surface area contributed by atoms with Crippen molar-refractivity contribution in [1.29, 1.82) is 0 Å². The average Bonchev–Trinajstić information content (AvgIpc) is 4.00. The van der Waals surface area contributed by atoms with E-state index in [-0.39, 0.29) is 49.1 Å². The number of cyclic esters (lactones) is 1. The normalized spacial score (nSPS) is 23.1. The molecule has 4 aromatic rings. The van der Waals surface area contributed by atoms with E-state index in [1.807, 2.05) is 44.0 Å². The summed E-state index contributed by atoms with van der Waals surface area (Å²) < 4.78 is 14.2. The van der Waals surface area contributed by atoms with Crippen LogP contribution in [0.4, 0.5) is 4.79 Å². The Labute approximate surface area is 396 Å². The number of nitrogens with one attached hydrogen (secondary N) is 3. The van der Waals surface area contributed by atoms with Crippen LogP contribution in [0.1, 0.15) is 83.7 Å². The first-order chi connectivity index (χ1) is 32.0. The first-order valence-corrected chi connectivity index (χ1v) is 24.6. The molecule has 8 rings (SSSR count). The molecule has 0 spiro atoms. The van der Waals surface area contributed by atoms with Gasteiger partial charge in [0.25, 0.3) is 5.91 Å². The van der Waals surface area contributed by atoms with E-state index in [2.05, 4.69) is 65.7 Å². The molecule has 67 heavy (non-hydrogen) atoms. The molecule has 6 atom stereocenters. The Morgan fingerprint density at radius 3 is 2.60 bits per heavy atom. The van der Waals surface area contributed by atoms with Gasteiger partial charge in [-0.2, -0.15) is 0 Å². The summed E-state index contributed by atoms with van der Waals surface area (Å²) in [6.07, 6.45) is 3.20. The molecule has 17 nitrogen and oxygen atoms in total. The van der Waals surface area contributed by atoms with Crippen molar-refractivity contribution < 1.29 is 33.4 Å². The van der Waals surface area contributed by atoms with Crippen molar-refractivity contribution in [2.75, 3.05) is 53.5 Å². The monoisotopic (exact) mass is 938 g/mol. The molecule has 7 heterocycles. The highest BCUT2D eigenvalue weighted by Crippen LogP contribution is 2.42. The van der Waals surface area contributed by atoms with Gasteiger partial charge in [0, 0.05) is 105 Å². The molecular formula is C49H66N10O7S.